The second kappa shape index (κ2) is 5.38. The van der Waals surface area contributed by atoms with Gasteiger partial charge in [0.1, 0.15) is 5.54 Å². The average Bonchev–Trinajstić information content (AvgIpc) is 2.33. The summed E-state index contributed by atoms with van der Waals surface area (Å²) in [5.74, 6) is -1.04. The summed E-state index contributed by atoms with van der Waals surface area (Å²) in [6.45, 7) is 1.98. The third kappa shape index (κ3) is 2.59. The second-order valence-corrected chi connectivity index (χ2v) is 4.97. The molecule has 0 unspecified atom stereocenters. The molecule has 19 heavy (non-hydrogen) atoms. The van der Waals surface area contributed by atoms with Gasteiger partial charge in [0.2, 0.25) is 5.91 Å². The fourth-order valence-corrected chi connectivity index (χ4v) is 2.68. The number of aryl methyl sites for hydroxylation is 1. The summed E-state index contributed by atoms with van der Waals surface area (Å²) in [6.07, 6.45) is 6.08. The highest BCUT2D eigenvalue weighted by Gasteiger charge is 2.51. The van der Waals surface area contributed by atoms with E-state index in [1.54, 1.807) is 12.4 Å². The van der Waals surface area contributed by atoms with Gasteiger partial charge >= 0.3 is 5.97 Å². The lowest BCUT2D eigenvalue weighted by atomic mass is 9.79. The summed E-state index contributed by atoms with van der Waals surface area (Å²) in [6, 6.07) is 3.86. The van der Waals surface area contributed by atoms with Crippen LogP contribution in [0, 0.1) is 0 Å². The van der Waals surface area contributed by atoms with Gasteiger partial charge in [-0.1, -0.05) is 0 Å². The molecule has 1 aliphatic heterocycles. The molecule has 102 valence electrons. The number of carboxylic acids is 1. The maximum atomic E-state index is 11.5. The smallest absolute Gasteiger partial charge is 0.329 e. The van der Waals surface area contributed by atoms with Crippen molar-refractivity contribution in [3.05, 3.63) is 30.1 Å². The standard InChI is InChI=1S/C14H18N2O3/c1-11(17)16-10-7-14(16,13(18)19)6-2-3-12-4-8-15-9-5-12/h4-5,8-9H,2-3,6-7,10H2,1H3,(H,18,19)/t14-/m1/s1. The fraction of sp³-hybridized carbons (Fsp3) is 0.500. The van der Waals surface area contributed by atoms with Crippen LogP contribution in [0.3, 0.4) is 0 Å². The first-order valence-corrected chi connectivity index (χ1v) is 6.47. The predicted octanol–water partition coefficient (Wildman–Crippen LogP) is 1.48. The van der Waals surface area contributed by atoms with Gasteiger partial charge in [-0.15, -0.1) is 0 Å². The van der Waals surface area contributed by atoms with E-state index >= 15 is 0 Å². The number of hydrogen-bond donors (Lipinski definition) is 1. The molecule has 1 aromatic heterocycles. The van der Waals surface area contributed by atoms with E-state index < -0.39 is 11.5 Å². The molecule has 1 amide bonds. The predicted molar refractivity (Wildman–Crippen MR) is 69.5 cm³/mol. The van der Waals surface area contributed by atoms with E-state index in [4.69, 9.17) is 0 Å². The Kier molecular flexibility index (Phi) is 3.83. The quantitative estimate of drug-likeness (QED) is 0.872. The van der Waals surface area contributed by atoms with Crippen molar-refractivity contribution < 1.29 is 14.7 Å². The van der Waals surface area contributed by atoms with Crippen molar-refractivity contribution in [1.29, 1.82) is 0 Å². The van der Waals surface area contributed by atoms with Crippen molar-refractivity contribution in [2.24, 2.45) is 0 Å². The van der Waals surface area contributed by atoms with Crippen molar-refractivity contribution in [2.75, 3.05) is 6.54 Å². The largest absolute Gasteiger partial charge is 0.479 e. The van der Waals surface area contributed by atoms with Crippen LogP contribution in [0.5, 0.6) is 0 Å². The molecule has 1 N–H and O–H groups in total. The summed E-state index contributed by atoms with van der Waals surface area (Å²) in [4.78, 5) is 28.3. The number of amides is 1. The van der Waals surface area contributed by atoms with E-state index in [-0.39, 0.29) is 5.91 Å². The Morgan fingerprint density at radius 2 is 2.11 bits per heavy atom. The minimum Gasteiger partial charge on any atom is -0.479 e. The van der Waals surface area contributed by atoms with Crippen LogP contribution in [-0.4, -0.2) is 39.0 Å². The van der Waals surface area contributed by atoms with E-state index in [1.165, 1.54) is 11.8 Å². The number of rotatable bonds is 5. The molecule has 5 heteroatoms. The first kappa shape index (κ1) is 13.5. The van der Waals surface area contributed by atoms with Crippen molar-refractivity contribution >= 4 is 11.9 Å². The van der Waals surface area contributed by atoms with Crippen LogP contribution in [-0.2, 0) is 16.0 Å². The lowest BCUT2D eigenvalue weighted by Gasteiger charge is -2.49. The first-order valence-electron chi connectivity index (χ1n) is 6.47. The summed E-state index contributed by atoms with van der Waals surface area (Å²) in [5, 5.41) is 9.40. The van der Waals surface area contributed by atoms with Crippen LogP contribution in [0.15, 0.2) is 24.5 Å². The van der Waals surface area contributed by atoms with Crippen molar-refractivity contribution in [2.45, 2.75) is 38.1 Å². The zero-order valence-electron chi connectivity index (χ0n) is 11.0. The molecule has 0 saturated carbocycles. The minimum atomic E-state index is -0.973. The number of pyridine rings is 1. The van der Waals surface area contributed by atoms with E-state index in [9.17, 15) is 14.7 Å². The highest BCUT2D eigenvalue weighted by atomic mass is 16.4. The second-order valence-electron chi connectivity index (χ2n) is 4.97. The van der Waals surface area contributed by atoms with Gasteiger partial charge in [-0.2, -0.15) is 0 Å². The van der Waals surface area contributed by atoms with Crippen LogP contribution < -0.4 is 0 Å². The normalized spacial score (nSPS) is 21.8. The first-order chi connectivity index (χ1) is 9.06. The molecule has 0 aromatic carbocycles. The zero-order chi connectivity index (χ0) is 13.9. The third-order valence-electron chi connectivity index (χ3n) is 3.85. The van der Waals surface area contributed by atoms with Gasteiger partial charge in [0.15, 0.2) is 0 Å². The lowest BCUT2D eigenvalue weighted by molar-refractivity contribution is -0.170. The van der Waals surface area contributed by atoms with Gasteiger partial charge in [0, 0.05) is 25.9 Å². The Balaban J connectivity index is 1.96. The summed E-state index contributed by atoms with van der Waals surface area (Å²) in [5.41, 5.74) is 0.169. The Morgan fingerprint density at radius 1 is 1.42 bits per heavy atom. The van der Waals surface area contributed by atoms with Crippen LogP contribution in [0.1, 0.15) is 31.7 Å². The molecule has 0 aliphatic carbocycles. The maximum Gasteiger partial charge on any atom is 0.329 e. The number of hydrogen-bond acceptors (Lipinski definition) is 3. The number of carbonyl (C=O) groups is 2. The average molecular weight is 262 g/mol. The molecular formula is C14H18N2O3. The van der Waals surface area contributed by atoms with Gasteiger partial charge in [-0.3, -0.25) is 9.78 Å². The molecule has 1 atom stereocenters. The molecule has 0 spiro atoms. The van der Waals surface area contributed by atoms with Gasteiger partial charge in [-0.25, -0.2) is 4.79 Å². The number of nitrogens with zero attached hydrogens (tertiary/aromatic N) is 2. The third-order valence-corrected chi connectivity index (χ3v) is 3.85. The molecule has 1 aliphatic rings. The van der Waals surface area contributed by atoms with Crippen LogP contribution in [0.2, 0.25) is 0 Å². The number of carboxylic acid groups (broad SMARTS) is 1. The molecule has 2 rings (SSSR count). The van der Waals surface area contributed by atoms with Gasteiger partial charge in [0.25, 0.3) is 0 Å². The lowest BCUT2D eigenvalue weighted by Crippen LogP contribution is -2.66. The molecule has 0 radical (unpaired) electrons. The molecule has 2 heterocycles. The Labute approximate surface area is 112 Å². The number of aromatic nitrogens is 1. The number of carbonyl (C=O) groups excluding carboxylic acids is 1. The number of aliphatic carboxylic acids is 1. The van der Waals surface area contributed by atoms with Crippen LogP contribution in [0.25, 0.3) is 0 Å². The molecule has 1 fully saturated rings. The van der Waals surface area contributed by atoms with E-state index in [1.807, 2.05) is 12.1 Å². The Hall–Kier alpha value is -1.91. The van der Waals surface area contributed by atoms with Crippen molar-refractivity contribution in [3.8, 4) is 0 Å². The maximum absolute atomic E-state index is 11.5. The Morgan fingerprint density at radius 3 is 2.58 bits per heavy atom. The van der Waals surface area contributed by atoms with Crippen molar-refractivity contribution in [3.63, 3.8) is 0 Å². The van der Waals surface area contributed by atoms with E-state index in [0.717, 1.165) is 18.4 Å². The molecule has 5 nitrogen and oxygen atoms in total. The van der Waals surface area contributed by atoms with Gasteiger partial charge in [-0.05, 0) is 43.4 Å². The topological polar surface area (TPSA) is 70.5 Å². The van der Waals surface area contributed by atoms with E-state index in [0.29, 0.717) is 19.4 Å². The summed E-state index contributed by atoms with van der Waals surface area (Å²) >= 11 is 0. The van der Waals surface area contributed by atoms with Crippen molar-refractivity contribution in [1.82, 2.24) is 9.88 Å². The Bertz CT molecular complexity index is 475. The molecule has 1 saturated heterocycles. The number of likely N-dealkylation sites (tertiary alicyclic amines) is 1. The monoisotopic (exact) mass is 262 g/mol. The summed E-state index contributed by atoms with van der Waals surface area (Å²) in [7, 11) is 0. The van der Waals surface area contributed by atoms with Gasteiger partial charge < -0.3 is 10.0 Å². The van der Waals surface area contributed by atoms with Gasteiger partial charge in [0.05, 0.1) is 0 Å². The molecule has 0 bridgehead atoms. The molecular weight excluding hydrogens is 244 g/mol. The molecule has 1 aromatic rings. The fourth-order valence-electron chi connectivity index (χ4n) is 2.68. The minimum absolute atomic E-state index is 0.155. The highest BCUT2D eigenvalue weighted by molar-refractivity contribution is 5.88. The summed E-state index contributed by atoms with van der Waals surface area (Å²) < 4.78 is 0. The highest BCUT2D eigenvalue weighted by Crippen LogP contribution is 2.35. The SMILES string of the molecule is CC(=O)N1CC[C@]1(CCCc1ccncc1)C(=O)O. The van der Waals surface area contributed by atoms with Crippen LogP contribution in [0.4, 0.5) is 0 Å². The van der Waals surface area contributed by atoms with E-state index in [2.05, 4.69) is 4.98 Å². The zero-order valence-corrected chi connectivity index (χ0v) is 11.0. The van der Waals surface area contributed by atoms with Crippen LogP contribution >= 0.6 is 0 Å².